The zero-order valence-electron chi connectivity index (χ0n) is 11.0. The average Bonchev–Trinajstić information content (AvgIpc) is 2.33. The maximum absolute atomic E-state index is 13.4. The van der Waals surface area contributed by atoms with E-state index in [1.54, 1.807) is 0 Å². The van der Waals surface area contributed by atoms with Gasteiger partial charge in [-0.3, -0.25) is 0 Å². The van der Waals surface area contributed by atoms with Crippen molar-refractivity contribution in [3.05, 3.63) is 29.6 Å². The van der Waals surface area contributed by atoms with Crippen molar-refractivity contribution in [3.63, 3.8) is 0 Å². The van der Waals surface area contributed by atoms with E-state index in [0.717, 1.165) is 18.4 Å². The van der Waals surface area contributed by atoms with Gasteiger partial charge in [0.05, 0.1) is 11.8 Å². The Hall–Kier alpha value is -2.20. The summed E-state index contributed by atoms with van der Waals surface area (Å²) < 4.78 is 37.1. The molecule has 0 atom stereocenters. The number of halogens is 1. The summed E-state index contributed by atoms with van der Waals surface area (Å²) in [6.45, 7) is 0.0488. The molecule has 0 bridgehead atoms. The van der Waals surface area contributed by atoms with Crippen molar-refractivity contribution in [1.82, 2.24) is 10.0 Å². The van der Waals surface area contributed by atoms with Gasteiger partial charge >= 0.3 is 12.0 Å². The van der Waals surface area contributed by atoms with Crippen LogP contribution in [0.4, 0.5) is 14.9 Å². The monoisotopic (exact) mass is 319 g/mol. The molecular formula is C11H14FN3O5S. The summed E-state index contributed by atoms with van der Waals surface area (Å²) in [6.07, 6.45) is 0.986. The maximum atomic E-state index is 13.4. The van der Waals surface area contributed by atoms with Crippen LogP contribution < -0.4 is 15.4 Å². The Morgan fingerprint density at radius 2 is 1.95 bits per heavy atom. The van der Waals surface area contributed by atoms with Crippen LogP contribution >= 0.6 is 0 Å². The molecule has 1 aromatic carbocycles. The van der Waals surface area contributed by atoms with Gasteiger partial charge < -0.3 is 15.7 Å². The summed E-state index contributed by atoms with van der Waals surface area (Å²) in [5.74, 6) is -2.38. The van der Waals surface area contributed by atoms with Gasteiger partial charge in [-0.25, -0.2) is 27.1 Å². The van der Waals surface area contributed by atoms with Crippen LogP contribution in [0.25, 0.3) is 0 Å². The lowest BCUT2D eigenvalue weighted by Crippen LogP contribution is -2.36. The first-order valence-corrected chi connectivity index (χ1v) is 7.60. The van der Waals surface area contributed by atoms with E-state index < -0.39 is 33.4 Å². The number of carboxylic acid groups (broad SMARTS) is 1. The Labute approximate surface area is 120 Å². The molecule has 0 unspecified atom stereocenters. The first kappa shape index (κ1) is 16.9. The average molecular weight is 319 g/mol. The van der Waals surface area contributed by atoms with Crippen molar-refractivity contribution in [2.24, 2.45) is 0 Å². The lowest BCUT2D eigenvalue weighted by molar-refractivity contribution is 0.0692. The van der Waals surface area contributed by atoms with Crippen LogP contribution in [-0.2, 0) is 10.0 Å². The van der Waals surface area contributed by atoms with Gasteiger partial charge in [-0.1, -0.05) is 0 Å². The first-order chi connectivity index (χ1) is 9.69. The van der Waals surface area contributed by atoms with Crippen molar-refractivity contribution < 1.29 is 27.5 Å². The van der Waals surface area contributed by atoms with Gasteiger partial charge in [0.1, 0.15) is 5.82 Å². The minimum Gasteiger partial charge on any atom is -0.478 e. The molecule has 4 N–H and O–H groups in total. The quantitative estimate of drug-likeness (QED) is 0.557. The SMILES string of the molecule is CS(=O)(=O)NCCNC(=O)Nc1ccc(C(=O)O)c(F)c1. The van der Waals surface area contributed by atoms with E-state index in [2.05, 4.69) is 15.4 Å². The Morgan fingerprint density at radius 3 is 2.48 bits per heavy atom. The van der Waals surface area contributed by atoms with Crippen LogP contribution in [0.2, 0.25) is 0 Å². The van der Waals surface area contributed by atoms with Gasteiger partial charge in [-0.2, -0.15) is 0 Å². The molecule has 2 amide bonds. The van der Waals surface area contributed by atoms with E-state index in [0.29, 0.717) is 0 Å². The van der Waals surface area contributed by atoms with Crippen LogP contribution in [0.15, 0.2) is 18.2 Å². The molecule has 0 aromatic heterocycles. The van der Waals surface area contributed by atoms with Crippen molar-refractivity contribution in [2.75, 3.05) is 24.7 Å². The molecule has 10 heteroatoms. The number of aromatic carboxylic acids is 1. The zero-order chi connectivity index (χ0) is 16.0. The Balaban J connectivity index is 2.48. The van der Waals surface area contributed by atoms with Gasteiger partial charge in [0, 0.05) is 18.8 Å². The molecule has 0 saturated heterocycles. The number of hydrogen-bond acceptors (Lipinski definition) is 4. The number of rotatable bonds is 6. The molecule has 21 heavy (non-hydrogen) atoms. The van der Waals surface area contributed by atoms with Gasteiger partial charge in [0.15, 0.2) is 0 Å². The third-order valence-corrected chi connectivity index (χ3v) is 2.96. The zero-order valence-corrected chi connectivity index (χ0v) is 11.8. The fraction of sp³-hybridized carbons (Fsp3) is 0.273. The molecule has 0 aliphatic rings. The molecule has 0 aliphatic carbocycles. The first-order valence-electron chi connectivity index (χ1n) is 5.71. The predicted octanol–water partition coefficient (Wildman–Crippen LogP) is 0.195. The van der Waals surface area contributed by atoms with Crippen molar-refractivity contribution >= 4 is 27.7 Å². The third kappa shape index (κ3) is 6.19. The summed E-state index contributed by atoms with van der Waals surface area (Å²) in [4.78, 5) is 22.0. The minimum atomic E-state index is -3.33. The molecular weight excluding hydrogens is 305 g/mol. The van der Waals surface area contributed by atoms with E-state index in [1.165, 1.54) is 6.07 Å². The number of sulfonamides is 1. The molecule has 0 spiro atoms. The standard InChI is InChI=1S/C11H14FN3O5S/c1-21(19,20)14-5-4-13-11(18)15-7-2-3-8(10(16)17)9(12)6-7/h2-3,6,14H,4-5H2,1H3,(H,16,17)(H2,13,15,18). The highest BCUT2D eigenvalue weighted by Crippen LogP contribution is 2.14. The largest absolute Gasteiger partial charge is 0.478 e. The molecule has 0 saturated carbocycles. The fourth-order valence-electron chi connectivity index (χ4n) is 1.35. The molecule has 116 valence electrons. The Bertz CT molecular complexity index is 647. The Kier molecular flexibility index (Phi) is 5.61. The summed E-state index contributed by atoms with van der Waals surface area (Å²) in [5, 5.41) is 13.3. The lowest BCUT2D eigenvalue weighted by atomic mass is 10.2. The van der Waals surface area contributed by atoms with Crippen molar-refractivity contribution in [3.8, 4) is 0 Å². The van der Waals surface area contributed by atoms with E-state index in [4.69, 9.17) is 5.11 Å². The van der Waals surface area contributed by atoms with Gasteiger partial charge in [0.2, 0.25) is 10.0 Å². The van der Waals surface area contributed by atoms with E-state index in [-0.39, 0.29) is 18.8 Å². The topological polar surface area (TPSA) is 125 Å². The summed E-state index contributed by atoms with van der Waals surface area (Å²) in [7, 11) is -3.33. The number of nitrogens with one attached hydrogen (secondary N) is 3. The Morgan fingerprint density at radius 1 is 1.29 bits per heavy atom. The van der Waals surface area contributed by atoms with Crippen LogP contribution in [0.5, 0.6) is 0 Å². The molecule has 1 aromatic rings. The summed E-state index contributed by atoms with van der Waals surface area (Å²) >= 11 is 0. The van der Waals surface area contributed by atoms with E-state index in [9.17, 15) is 22.4 Å². The highest BCUT2D eigenvalue weighted by Gasteiger charge is 2.11. The fourth-order valence-corrected chi connectivity index (χ4v) is 1.83. The number of carbonyl (C=O) groups is 2. The van der Waals surface area contributed by atoms with Crippen molar-refractivity contribution in [1.29, 1.82) is 0 Å². The summed E-state index contributed by atoms with van der Waals surface area (Å²) in [6, 6.07) is 2.46. The van der Waals surface area contributed by atoms with Crippen molar-refractivity contribution in [2.45, 2.75) is 0 Å². The normalized spacial score (nSPS) is 11.0. The predicted molar refractivity (Wildman–Crippen MR) is 73.2 cm³/mol. The van der Waals surface area contributed by atoms with Gasteiger partial charge in [0.25, 0.3) is 0 Å². The summed E-state index contributed by atoms with van der Waals surface area (Å²) in [5.41, 5.74) is -0.426. The third-order valence-electron chi connectivity index (χ3n) is 2.23. The lowest BCUT2D eigenvalue weighted by Gasteiger charge is -2.08. The van der Waals surface area contributed by atoms with E-state index >= 15 is 0 Å². The highest BCUT2D eigenvalue weighted by atomic mass is 32.2. The number of anilines is 1. The smallest absolute Gasteiger partial charge is 0.338 e. The second-order valence-corrected chi connectivity index (χ2v) is 5.88. The van der Waals surface area contributed by atoms with Gasteiger partial charge in [-0.05, 0) is 18.2 Å². The molecule has 1 rings (SSSR count). The minimum absolute atomic E-state index is 0.0125. The van der Waals surface area contributed by atoms with Crippen LogP contribution in [-0.4, -0.2) is 44.9 Å². The van der Waals surface area contributed by atoms with Crippen LogP contribution in [0, 0.1) is 5.82 Å². The van der Waals surface area contributed by atoms with Gasteiger partial charge in [-0.15, -0.1) is 0 Å². The number of benzene rings is 1. The number of hydrogen-bond donors (Lipinski definition) is 4. The molecule has 8 nitrogen and oxygen atoms in total. The molecule has 0 heterocycles. The highest BCUT2D eigenvalue weighted by molar-refractivity contribution is 7.88. The molecule has 0 fully saturated rings. The van der Waals surface area contributed by atoms with Crippen LogP contribution in [0.3, 0.4) is 0 Å². The number of urea groups is 1. The second kappa shape index (κ2) is 6.99. The number of amides is 2. The van der Waals surface area contributed by atoms with Crippen LogP contribution in [0.1, 0.15) is 10.4 Å². The number of carbonyl (C=O) groups excluding carboxylic acids is 1. The second-order valence-electron chi connectivity index (χ2n) is 4.05. The number of carboxylic acids is 1. The maximum Gasteiger partial charge on any atom is 0.338 e. The van der Waals surface area contributed by atoms with E-state index in [1.807, 2.05) is 0 Å². The molecule has 0 aliphatic heterocycles. The molecule has 0 radical (unpaired) electrons.